The topological polar surface area (TPSA) is 138 Å². The Morgan fingerprint density at radius 1 is 1.14 bits per heavy atom. The molecular weight excluding hydrogens is 558 g/mol. The maximum atomic E-state index is 13.9. The van der Waals surface area contributed by atoms with Crippen molar-refractivity contribution in [1.82, 2.24) is 4.90 Å². The summed E-state index contributed by atoms with van der Waals surface area (Å²) in [6.07, 6.45) is -1.76. The number of allylic oxidation sites excluding steroid dienone is 1. The number of aliphatic hydroxyl groups is 1. The molecule has 0 aromatic rings. The van der Waals surface area contributed by atoms with E-state index in [1.165, 1.54) is 34.0 Å². The van der Waals surface area contributed by atoms with Crippen molar-refractivity contribution in [1.29, 1.82) is 0 Å². The van der Waals surface area contributed by atoms with Crippen molar-refractivity contribution in [3.05, 3.63) is 11.6 Å². The van der Waals surface area contributed by atoms with E-state index in [0.717, 1.165) is 0 Å². The Morgan fingerprint density at radius 3 is 2.26 bits per heavy atom. The minimum atomic E-state index is -1.64. The maximum Gasteiger partial charge on any atom is 0.316 e. The summed E-state index contributed by atoms with van der Waals surface area (Å²) >= 11 is 0. The molecule has 0 aromatic heterocycles. The molecule has 2 aliphatic heterocycles. The zero-order chi connectivity index (χ0) is 33.0. The van der Waals surface area contributed by atoms with E-state index in [4.69, 9.17) is 23.7 Å². The van der Waals surface area contributed by atoms with Crippen LogP contribution in [0.5, 0.6) is 0 Å². The average Bonchev–Trinajstić information content (AvgIpc) is 2.92. The van der Waals surface area contributed by atoms with E-state index in [1.807, 2.05) is 25.9 Å². The summed E-state index contributed by atoms with van der Waals surface area (Å²) in [4.78, 5) is 54.8. The van der Waals surface area contributed by atoms with Gasteiger partial charge in [-0.15, -0.1) is 0 Å². The summed E-state index contributed by atoms with van der Waals surface area (Å²) in [7, 11) is 5.22. The molecule has 1 saturated heterocycles. The van der Waals surface area contributed by atoms with E-state index in [9.17, 15) is 24.3 Å². The highest BCUT2D eigenvalue weighted by molar-refractivity contribution is 6.00. The third-order valence-corrected chi connectivity index (χ3v) is 8.92. The SMILES string of the molecule is CC[C@H]1OC(=O)[C@H](C)C(=O)[C@H](C)[C@@H](OC2OC(C)CC(N(C)C)C2OC(C)=O)[C@](C)(OC)C[C@@H](C)C(=O)/C(C)=C/[C@@]1(C)O. The van der Waals surface area contributed by atoms with Crippen LogP contribution in [0.1, 0.15) is 81.6 Å². The molecule has 11 nitrogen and oxygen atoms in total. The molecule has 11 heteroatoms. The number of rotatable bonds is 6. The minimum absolute atomic E-state index is 0.144. The second kappa shape index (κ2) is 14.7. The molecule has 0 radical (unpaired) electrons. The Labute approximate surface area is 256 Å². The van der Waals surface area contributed by atoms with Gasteiger partial charge in [-0.1, -0.05) is 20.8 Å². The summed E-state index contributed by atoms with van der Waals surface area (Å²) in [5, 5.41) is 11.2. The van der Waals surface area contributed by atoms with Crippen LogP contribution in [0.2, 0.25) is 0 Å². The number of Topliss-reactive ketones (excluding diaryl/α,β-unsaturated/α-hetero) is 2. The lowest BCUT2D eigenvalue weighted by Crippen LogP contribution is -2.60. The van der Waals surface area contributed by atoms with Crippen molar-refractivity contribution < 1.29 is 48.0 Å². The molecule has 0 aliphatic carbocycles. The summed E-state index contributed by atoms with van der Waals surface area (Å²) < 4.78 is 30.2. The molecule has 0 bridgehead atoms. The highest BCUT2D eigenvalue weighted by atomic mass is 16.7. The van der Waals surface area contributed by atoms with Gasteiger partial charge in [0.2, 0.25) is 0 Å². The first-order valence-electron chi connectivity index (χ1n) is 15.2. The molecule has 2 aliphatic rings. The van der Waals surface area contributed by atoms with Gasteiger partial charge < -0.3 is 33.7 Å². The molecule has 2 heterocycles. The molecule has 0 spiro atoms. The predicted octanol–water partition coefficient (Wildman–Crippen LogP) is 3.24. The lowest BCUT2D eigenvalue weighted by molar-refractivity contribution is -0.297. The number of methoxy groups -OCH3 is 1. The summed E-state index contributed by atoms with van der Waals surface area (Å²) in [5.74, 6) is -4.73. The van der Waals surface area contributed by atoms with Crippen LogP contribution in [-0.4, -0.2) is 103 Å². The van der Waals surface area contributed by atoms with E-state index in [0.29, 0.717) is 12.0 Å². The van der Waals surface area contributed by atoms with Crippen LogP contribution in [-0.2, 0) is 42.9 Å². The predicted molar refractivity (Wildman–Crippen MR) is 159 cm³/mol. The van der Waals surface area contributed by atoms with Crippen molar-refractivity contribution in [2.75, 3.05) is 21.2 Å². The lowest BCUT2D eigenvalue weighted by Gasteiger charge is -2.47. The number of hydrogen-bond donors (Lipinski definition) is 1. The van der Waals surface area contributed by atoms with Crippen LogP contribution in [0.25, 0.3) is 0 Å². The zero-order valence-electron chi connectivity index (χ0n) is 28.0. The zero-order valence-corrected chi connectivity index (χ0v) is 28.0. The van der Waals surface area contributed by atoms with Crippen LogP contribution in [0.3, 0.4) is 0 Å². The van der Waals surface area contributed by atoms with Crippen LogP contribution in [0.15, 0.2) is 11.6 Å². The number of carbonyl (C=O) groups is 4. The Bertz CT molecular complexity index is 1050. The molecule has 11 atom stereocenters. The molecule has 1 N–H and O–H groups in total. The van der Waals surface area contributed by atoms with E-state index >= 15 is 0 Å². The molecule has 246 valence electrons. The van der Waals surface area contributed by atoms with Gasteiger partial charge in [0.25, 0.3) is 0 Å². The number of ether oxygens (including phenoxy) is 5. The Kier molecular flexibility index (Phi) is 12.7. The van der Waals surface area contributed by atoms with Crippen molar-refractivity contribution in [3.63, 3.8) is 0 Å². The Balaban J connectivity index is 2.68. The highest BCUT2D eigenvalue weighted by Crippen LogP contribution is 2.38. The first-order chi connectivity index (χ1) is 19.8. The number of carbonyl (C=O) groups excluding carboxylic acids is 4. The minimum Gasteiger partial charge on any atom is -0.458 e. The second-order valence-electron chi connectivity index (χ2n) is 13.0. The van der Waals surface area contributed by atoms with E-state index in [-0.39, 0.29) is 30.8 Å². The number of esters is 2. The fourth-order valence-electron chi connectivity index (χ4n) is 6.42. The van der Waals surface area contributed by atoms with Gasteiger partial charge in [0, 0.05) is 25.9 Å². The van der Waals surface area contributed by atoms with Crippen LogP contribution in [0.4, 0.5) is 0 Å². The van der Waals surface area contributed by atoms with Gasteiger partial charge >= 0.3 is 11.9 Å². The van der Waals surface area contributed by atoms with Crippen LogP contribution in [0, 0.1) is 17.8 Å². The van der Waals surface area contributed by atoms with Gasteiger partial charge in [0.15, 0.2) is 24.0 Å². The van der Waals surface area contributed by atoms with Gasteiger partial charge in [-0.05, 0) is 79.6 Å². The monoisotopic (exact) mass is 611 g/mol. The van der Waals surface area contributed by atoms with Crippen molar-refractivity contribution in [2.24, 2.45) is 17.8 Å². The number of ketones is 2. The third kappa shape index (κ3) is 8.72. The van der Waals surface area contributed by atoms with E-state index in [1.54, 1.807) is 34.6 Å². The van der Waals surface area contributed by atoms with Gasteiger partial charge in [0.05, 0.1) is 23.9 Å². The molecule has 2 rings (SSSR count). The van der Waals surface area contributed by atoms with Gasteiger partial charge in [-0.3, -0.25) is 19.2 Å². The normalized spacial score (nSPS) is 41.7. The van der Waals surface area contributed by atoms with E-state index < -0.39 is 71.3 Å². The first kappa shape index (κ1) is 37.0. The molecule has 0 amide bonds. The largest absolute Gasteiger partial charge is 0.458 e. The molecule has 4 unspecified atom stereocenters. The smallest absolute Gasteiger partial charge is 0.316 e. The maximum absolute atomic E-state index is 13.9. The fourth-order valence-corrected chi connectivity index (χ4v) is 6.42. The van der Waals surface area contributed by atoms with Crippen LogP contribution < -0.4 is 0 Å². The summed E-state index contributed by atoms with van der Waals surface area (Å²) in [6.45, 7) is 14.6. The molecule has 0 saturated carbocycles. The third-order valence-electron chi connectivity index (χ3n) is 8.92. The molecule has 0 aromatic carbocycles. The quantitative estimate of drug-likeness (QED) is 0.350. The van der Waals surface area contributed by atoms with E-state index in [2.05, 4.69) is 0 Å². The lowest BCUT2D eigenvalue weighted by atomic mass is 9.77. The number of cyclic esters (lactones) is 1. The first-order valence-corrected chi connectivity index (χ1v) is 15.2. The summed E-state index contributed by atoms with van der Waals surface area (Å²) in [5.41, 5.74) is -2.56. The standard InChI is InChI=1S/C32H53NO10/c1-13-24-31(8,38)15-17(2)25(35)18(3)16-32(9,39-12)28(20(5)26(36)21(6)29(37)42-24)43-30-27(41-22(7)34)23(33(10)11)14-19(4)40-30/h15,18-21,23-24,27-28,30,38H,13-14,16H2,1-12H3/b17-15+/t18-,19?,20+,21-,23?,24-,27?,28-,30?,31-,32-/m1/s1. The Morgan fingerprint density at radius 2 is 1.74 bits per heavy atom. The number of nitrogens with zero attached hydrogens (tertiary/aromatic N) is 1. The average molecular weight is 612 g/mol. The van der Waals surface area contributed by atoms with Crippen LogP contribution >= 0.6 is 0 Å². The Hall–Kier alpha value is -2.18. The number of likely N-dealkylation sites (N-methyl/N-ethyl adjacent to an activating group) is 1. The van der Waals surface area contributed by atoms with Crippen molar-refractivity contribution >= 4 is 23.5 Å². The van der Waals surface area contributed by atoms with Gasteiger partial charge in [-0.2, -0.15) is 0 Å². The second-order valence-corrected chi connectivity index (χ2v) is 13.0. The van der Waals surface area contributed by atoms with Gasteiger partial charge in [-0.25, -0.2) is 0 Å². The molecule has 1 fully saturated rings. The van der Waals surface area contributed by atoms with Gasteiger partial charge in [0.1, 0.15) is 17.6 Å². The number of hydrogen-bond acceptors (Lipinski definition) is 11. The molecular formula is C32H53NO10. The fraction of sp³-hybridized carbons (Fsp3) is 0.812. The molecule has 43 heavy (non-hydrogen) atoms. The summed E-state index contributed by atoms with van der Waals surface area (Å²) in [6, 6.07) is -0.239. The van der Waals surface area contributed by atoms with Crippen molar-refractivity contribution in [3.8, 4) is 0 Å². The van der Waals surface area contributed by atoms with Crippen molar-refractivity contribution in [2.45, 2.75) is 130 Å². The highest BCUT2D eigenvalue weighted by Gasteiger charge is 2.50.